The van der Waals surface area contributed by atoms with E-state index in [1.165, 1.54) is 0 Å². The van der Waals surface area contributed by atoms with Crippen LogP contribution in [0.5, 0.6) is 0 Å². The summed E-state index contributed by atoms with van der Waals surface area (Å²) >= 11 is 0. The maximum atomic E-state index is 12.7. The van der Waals surface area contributed by atoms with Crippen molar-refractivity contribution in [2.24, 2.45) is 0 Å². The summed E-state index contributed by atoms with van der Waals surface area (Å²) in [5, 5.41) is 19.5. The van der Waals surface area contributed by atoms with Gasteiger partial charge >= 0.3 is 0 Å². The number of ether oxygens (including phenoxy) is 1. The second-order valence-corrected chi connectivity index (χ2v) is 6.85. The SMILES string of the molecule is Cc1c(C(=O)Nc2ccc([C@H]3CNCCO3)cc2)cnn1-c1ccc(C#N)cc1.Cl. The number of benzene rings is 2. The third-order valence-corrected chi connectivity index (χ3v) is 4.96. The molecule has 1 amide bonds. The Morgan fingerprint density at radius 3 is 2.60 bits per heavy atom. The average molecular weight is 424 g/mol. The molecule has 1 aliphatic heterocycles. The molecule has 4 rings (SSSR count). The number of anilines is 1. The largest absolute Gasteiger partial charge is 0.371 e. The highest BCUT2D eigenvalue weighted by Crippen LogP contribution is 2.22. The van der Waals surface area contributed by atoms with Gasteiger partial charge in [0.25, 0.3) is 5.91 Å². The summed E-state index contributed by atoms with van der Waals surface area (Å²) in [4.78, 5) is 12.7. The van der Waals surface area contributed by atoms with Gasteiger partial charge in [0.05, 0.1) is 47.5 Å². The highest BCUT2D eigenvalue weighted by Gasteiger charge is 2.17. The molecule has 0 unspecified atom stereocenters. The first-order valence-corrected chi connectivity index (χ1v) is 9.44. The summed E-state index contributed by atoms with van der Waals surface area (Å²) in [7, 11) is 0. The summed E-state index contributed by atoms with van der Waals surface area (Å²) in [6.45, 7) is 4.21. The highest BCUT2D eigenvalue weighted by atomic mass is 35.5. The zero-order chi connectivity index (χ0) is 20.2. The van der Waals surface area contributed by atoms with E-state index in [0.717, 1.165) is 30.0 Å². The zero-order valence-corrected chi connectivity index (χ0v) is 17.3. The van der Waals surface area contributed by atoms with Crippen LogP contribution in [0.2, 0.25) is 0 Å². The van der Waals surface area contributed by atoms with Gasteiger partial charge in [0.2, 0.25) is 0 Å². The van der Waals surface area contributed by atoms with Crippen molar-refractivity contribution in [1.29, 1.82) is 5.26 Å². The predicted molar refractivity (Wildman–Crippen MR) is 116 cm³/mol. The molecule has 154 valence electrons. The van der Waals surface area contributed by atoms with E-state index < -0.39 is 0 Å². The third-order valence-electron chi connectivity index (χ3n) is 4.96. The van der Waals surface area contributed by atoms with Crippen molar-refractivity contribution in [3.8, 4) is 11.8 Å². The predicted octanol–water partition coefficient (Wildman–Crippen LogP) is 3.39. The van der Waals surface area contributed by atoms with Crippen LogP contribution in [0.15, 0.2) is 54.7 Å². The van der Waals surface area contributed by atoms with Crippen LogP contribution in [-0.4, -0.2) is 35.4 Å². The number of nitrogens with one attached hydrogen (secondary N) is 2. The lowest BCUT2D eigenvalue weighted by atomic mass is 10.1. The lowest BCUT2D eigenvalue weighted by molar-refractivity contribution is 0.0277. The number of morpholine rings is 1. The van der Waals surface area contributed by atoms with Crippen LogP contribution >= 0.6 is 12.4 Å². The first-order valence-electron chi connectivity index (χ1n) is 9.44. The number of nitriles is 1. The number of carbonyl (C=O) groups excluding carboxylic acids is 1. The van der Waals surface area contributed by atoms with Crippen molar-refractivity contribution in [1.82, 2.24) is 15.1 Å². The molecular formula is C22H22ClN5O2. The highest BCUT2D eigenvalue weighted by molar-refractivity contribution is 6.05. The molecule has 1 aliphatic rings. The number of aromatic nitrogens is 2. The minimum Gasteiger partial charge on any atom is -0.371 e. The minimum atomic E-state index is -0.217. The van der Waals surface area contributed by atoms with Gasteiger partial charge in [0, 0.05) is 18.8 Å². The number of rotatable bonds is 4. The Balaban J connectivity index is 0.00000256. The van der Waals surface area contributed by atoms with Crippen LogP contribution in [0, 0.1) is 18.3 Å². The maximum absolute atomic E-state index is 12.7. The normalized spacial score (nSPS) is 15.7. The van der Waals surface area contributed by atoms with E-state index in [4.69, 9.17) is 10.00 Å². The Labute approximate surface area is 181 Å². The molecular weight excluding hydrogens is 402 g/mol. The second kappa shape index (κ2) is 9.55. The molecule has 2 heterocycles. The van der Waals surface area contributed by atoms with Crippen molar-refractivity contribution >= 4 is 24.0 Å². The number of amides is 1. The van der Waals surface area contributed by atoms with Crippen LogP contribution in [0.4, 0.5) is 5.69 Å². The van der Waals surface area contributed by atoms with E-state index in [9.17, 15) is 4.79 Å². The smallest absolute Gasteiger partial charge is 0.259 e. The standard InChI is InChI=1S/C22H21N5O2.ClH/c1-15-20(13-25-27(15)19-8-2-16(12-23)3-9-19)22(28)26-18-6-4-17(5-7-18)21-14-24-10-11-29-21;/h2-9,13,21,24H,10-11,14H2,1H3,(H,26,28);1H/t21-;/m1./s1. The first-order chi connectivity index (χ1) is 14.2. The van der Waals surface area contributed by atoms with E-state index in [-0.39, 0.29) is 24.4 Å². The topological polar surface area (TPSA) is 92.0 Å². The lowest BCUT2D eigenvalue weighted by Gasteiger charge is -2.24. The molecule has 30 heavy (non-hydrogen) atoms. The Bertz CT molecular complexity index is 1050. The quantitative estimate of drug-likeness (QED) is 0.671. The van der Waals surface area contributed by atoms with E-state index in [2.05, 4.69) is 21.8 Å². The summed E-state index contributed by atoms with van der Waals surface area (Å²) in [5.41, 5.74) is 4.40. The Morgan fingerprint density at radius 1 is 1.23 bits per heavy atom. The van der Waals surface area contributed by atoms with Crippen LogP contribution in [-0.2, 0) is 4.74 Å². The van der Waals surface area contributed by atoms with Gasteiger partial charge in [-0.2, -0.15) is 10.4 Å². The second-order valence-electron chi connectivity index (χ2n) is 6.85. The lowest BCUT2D eigenvalue weighted by Crippen LogP contribution is -2.33. The van der Waals surface area contributed by atoms with Crippen molar-refractivity contribution < 1.29 is 9.53 Å². The molecule has 0 radical (unpaired) electrons. The van der Waals surface area contributed by atoms with Crippen molar-refractivity contribution in [3.05, 3.63) is 77.1 Å². The fraction of sp³-hybridized carbons (Fsp3) is 0.227. The van der Waals surface area contributed by atoms with Gasteiger partial charge in [0.15, 0.2) is 0 Å². The number of hydrogen-bond acceptors (Lipinski definition) is 5. The monoisotopic (exact) mass is 423 g/mol. The van der Waals surface area contributed by atoms with E-state index in [0.29, 0.717) is 23.4 Å². The van der Waals surface area contributed by atoms with E-state index >= 15 is 0 Å². The number of nitrogens with zero attached hydrogens (tertiary/aromatic N) is 3. The van der Waals surface area contributed by atoms with Gasteiger partial charge in [-0.05, 0) is 48.9 Å². The molecule has 1 atom stereocenters. The Kier molecular flexibility index (Phi) is 6.85. The molecule has 2 N–H and O–H groups in total. The molecule has 0 aliphatic carbocycles. The van der Waals surface area contributed by atoms with Gasteiger partial charge in [-0.15, -0.1) is 12.4 Å². The molecule has 1 fully saturated rings. The van der Waals surface area contributed by atoms with Crippen molar-refractivity contribution in [2.45, 2.75) is 13.0 Å². The molecule has 0 bridgehead atoms. The average Bonchev–Trinajstić information content (AvgIpc) is 3.16. The molecule has 2 aromatic carbocycles. The van der Waals surface area contributed by atoms with Crippen molar-refractivity contribution in [3.63, 3.8) is 0 Å². The zero-order valence-electron chi connectivity index (χ0n) is 16.5. The summed E-state index contributed by atoms with van der Waals surface area (Å²) in [6.07, 6.45) is 1.60. The van der Waals surface area contributed by atoms with E-state index in [1.807, 2.05) is 31.2 Å². The summed E-state index contributed by atoms with van der Waals surface area (Å²) < 4.78 is 7.44. The molecule has 3 aromatic rings. The molecule has 0 saturated carbocycles. The van der Waals surface area contributed by atoms with Gasteiger partial charge in [-0.25, -0.2) is 4.68 Å². The molecule has 7 nitrogen and oxygen atoms in total. The summed E-state index contributed by atoms with van der Waals surface area (Å²) in [5.74, 6) is -0.217. The number of halogens is 1. The van der Waals surface area contributed by atoms with Gasteiger partial charge in [0.1, 0.15) is 0 Å². The molecule has 8 heteroatoms. The van der Waals surface area contributed by atoms with E-state index in [1.54, 1.807) is 35.1 Å². The first kappa shape index (κ1) is 21.5. The van der Waals surface area contributed by atoms with Crippen molar-refractivity contribution in [2.75, 3.05) is 25.0 Å². The van der Waals surface area contributed by atoms with Gasteiger partial charge < -0.3 is 15.4 Å². The summed E-state index contributed by atoms with van der Waals surface area (Å²) in [6, 6.07) is 16.9. The third kappa shape index (κ3) is 4.52. The van der Waals surface area contributed by atoms with Crippen LogP contribution in [0.1, 0.15) is 33.3 Å². The van der Waals surface area contributed by atoms with Gasteiger partial charge in [-0.1, -0.05) is 12.1 Å². The minimum absolute atomic E-state index is 0. The molecule has 0 spiro atoms. The molecule has 1 saturated heterocycles. The Hall–Kier alpha value is -3.18. The van der Waals surface area contributed by atoms with Gasteiger partial charge in [-0.3, -0.25) is 4.79 Å². The fourth-order valence-electron chi connectivity index (χ4n) is 3.33. The van der Waals surface area contributed by atoms with Crippen LogP contribution in [0.3, 0.4) is 0 Å². The number of hydrogen-bond donors (Lipinski definition) is 2. The maximum Gasteiger partial charge on any atom is 0.259 e. The number of carbonyl (C=O) groups is 1. The fourth-order valence-corrected chi connectivity index (χ4v) is 3.33. The molecule has 1 aromatic heterocycles. The Morgan fingerprint density at radius 2 is 1.97 bits per heavy atom. The van der Waals surface area contributed by atoms with Crippen LogP contribution in [0.25, 0.3) is 5.69 Å². The van der Waals surface area contributed by atoms with Crippen LogP contribution < -0.4 is 10.6 Å².